The standard InChI is InChI=1S/C17H16N2O7S/c20-6-9-7-27-16-12(15(24)19(16)13(9)17(25)26)18-14(23)10-4-2-1-3-8(10)5-11(21)22/h1-4,12,16,20H,5-7H2,(H,18,23)(H,21,22)(H,25,26)/t12-,16+/m0/s1. The Hall–Kier alpha value is -2.85. The van der Waals surface area contributed by atoms with Gasteiger partial charge in [0.25, 0.3) is 11.8 Å². The SMILES string of the molecule is O=C(O)Cc1ccccc1C(=O)N[C@H]1C(=O)N2C(C(=O)O)=C(CO)CS[C@H]12. The summed E-state index contributed by atoms with van der Waals surface area (Å²) in [6, 6.07) is 5.27. The van der Waals surface area contributed by atoms with E-state index < -0.39 is 41.8 Å². The van der Waals surface area contributed by atoms with Gasteiger partial charge in [-0.15, -0.1) is 11.8 Å². The Balaban J connectivity index is 1.79. The van der Waals surface area contributed by atoms with Crippen LogP contribution in [0.3, 0.4) is 0 Å². The zero-order valence-electron chi connectivity index (χ0n) is 13.9. The average Bonchev–Trinajstić information content (AvgIpc) is 2.64. The Bertz CT molecular complexity index is 867. The van der Waals surface area contributed by atoms with Crippen molar-refractivity contribution in [3.8, 4) is 0 Å². The number of amides is 2. The lowest BCUT2D eigenvalue weighted by Crippen LogP contribution is -2.70. The van der Waals surface area contributed by atoms with Gasteiger partial charge in [-0.25, -0.2) is 4.79 Å². The average molecular weight is 392 g/mol. The van der Waals surface area contributed by atoms with Gasteiger partial charge in [0, 0.05) is 11.3 Å². The fraction of sp³-hybridized carbons (Fsp3) is 0.294. The van der Waals surface area contributed by atoms with E-state index in [1.165, 1.54) is 23.9 Å². The van der Waals surface area contributed by atoms with Crippen molar-refractivity contribution >= 4 is 35.5 Å². The highest BCUT2D eigenvalue weighted by Crippen LogP contribution is 2.40. The van der Waals surface area contributed by atoms with Crippen LogP contribution in [-0.4, -0.2) is 67.7 Å². The van der Waals surface area contributed by atoms with E-state index in [2.05, 4.69) is 5.32 Å². The molecule has 3 rings (SSSR count). The highest BCUT2D eigenvalue weighted by Gasteiger charge is 2.54. The molecule has 4 N–H and O–H groups in total. The molecule has 2 aliphatic rings. The smallest absolute Gasteiger partial charge is 0.352 e. The maximum Gasteiger partial charge on any atom is 0.352 e. The Morgan fingerprint density at radius 3 is 2.56 bits per heavy atom. The third kappa shape index (κ3) is 3.40. The molecule has 0 saturated carbocycles. The minimum Gasteiger partial charge on any atom is -0.481 e. The lowest BCUT2D eigenvalue weighted by Gasteiger charge is -2.49. The minimum atomic E-state index is -1.31. The summed E-state index contributed by atoms with van der Waals surface area (Å²) in [5, 5.41) is 29.6. The molecule has 2 atom stereocenters. The molecule has 1 fully saturated rings. The summed E-state index contributed by atoms with van der Waals surface area (Å²) < 4.78 is 0. The van der Waals surface area contributed by atoms with E-state index >= 15 is 0 Å². The van der Waals surface area contributed by atoms with Crippen LogP contribution in [0.4, 0.5) is 0 Å². The van der Waals surface area contributed by atoms with Crippen LogP contribution in [-0.2, 0) is 20.8 Å². The van der Waals surface area contributed by atoms with Gasteiger partial charge in [-0.05, 0) is 17.2 Å². The molecule has 10 heteroatoms. The number of rotatable bonds is 6. The van der Waals surface area contributed by atoms with Crippen molar-refractivity contribution in [3.63, 3.8) is 0 Å². The fourth-order valence-corrected chi connectivity index (χ4v) is 4.42. The fourth-order valence-electron chi connectivity index (χ4n) is 3.08. The van der Waals surface area contributed by atoms with Crippen LogP contribution < -0.4 is 5.32 Å². The van der Waals surface area contributed by atoms with Crippen LogP contribution in [0.25, 0.3) is 0 Å². The number of carbonyl (C=O) groups is 4. The number of carbonyl (C=O) groups excluding carboxylic acids is 2. The maximum atomic E-state index is 12.6. The molecule has 1 aromatic carbocycles. The van der Waals surface area contributed by atoms with E-state index in [-0.39, 0.29) is 29.0 Å². The normalized spacial score (nSPS) is 21.4. The van der Waals surface area contributed by atoms with Crippen LogP contribution in [0.2, 0.25) is 0 Å². The number of aliphatic hydroxyl groups excluding tert-OH is 1. The van der Waals surface area contributed by atoms with E-state index in [1.54, 1.807) is 12.1 Å². The first-order valence-electron chi connectivity index (χ1n) is 7.96. The van der Waals surface area contributed by atoms with Crippen molar-refractivity contribution < 1.29 is 34.5 Å². The second kappa shape index (κ2) is 7.41. The third-order valence-electron chi connectivity index (χ3n) is 4.33. The Morgan fingerprint density at radius 2 is 1.93 bits per heavy atom. The zero-order chi connectivity index (χ0) is 19.7. The first-order chi connectivity index (χ1) is 12.8. The molecule has 0 radical (unpaired) electrons. The molecular weight excluding hydrogens is 376 g/mol. The lowest BCUT2D eigenvalue weighted by atomic mass is 10.0. The van der Waals surface area contributed by atoms with Gasteiger partial charge in [0.1, 0.15) is 17.1 Å². The number of nitrogens with one attached hydrogen (secondary N) is 1. The number of carboxylic acid groups (broad SMARTS) is 2. The first-order valence-corrected chi connectivity index (χ1v) is 9.01. The number of β-lactam (4-membered cyclic amide) rings is 1. The molecule has 9 nitrogen and oxygen atoms in total. The molecule has 2 amide bonds. The van der Waals surface area contributed by atoms with Crippen molar-refractivity contribution in [2.24, 2.45) is 0 Å². The van der Waals surface area contributed by atoms with E-state index in [0.717, 1.165) is 4.90 Å². The number of carboxylic acids is 2. The summed E-state index contributed by atoms with van der Waals surface area (Å²) in [5.74, 6) is -3.35. The molecular formula is C17H16N2O7S. The number of nitrogens with zero attached hydrogens (tertiary/aromatic N) is 1. The van der Waals surface area contributed by atoms with Gasteiger partial charge in [0.15, 0.2) is 0 Å². The van der Waals surface area contributed by atoms with Gasteiger partial charge in [0.05, 0.1) is 13.0 Å². The van der Waals surface area contributed by atoms with Crippen LogP contribution in [0.1, 0.15) is 15.9 Å². The number of fused-ring (bicyclic) bond motifs is 1. The van der Waals surface area contributed by atoms with Crippen molar-refractivity contribution in [2.75, 3.05) is 12.4 Å². The van der Waals surface area contributed by atoms with Gasteiger partial charge in [0.2, 0.25) is 0 Å². The predicted molar refractivity (Wildman–Crippen MR) is 93.9 cm³/mol. The van der Waals surface area contributed by atoms with E-state index in [0.29, 0.717) is 5.56 Å². The minimum absolute atomic E-state index is 0.150. The number of hydrogen-bond acceptors (Lipinski definition) is 6. The molecule has 0 bridgehead atoms. The molecule has 0 aliphatic carbocycles. The molecule has 1 saturated heterocycles. The summed E-state index contributed by atoms with van der Waals surface area (Å²) in [4.78, 5) is 48.4. The molecule has 0 unspecified atom stereocenters. The molecule has 0 spiro atoms. The number of thioether (sulfide) groups is 1. The summed E-state index contributed by atoms with van der Waals surface area (Å²) in [6.07, 6.45) is -0.335. The number of benzene rings is 1. The van der Waals surface area contributed by atoms with Crippen molar-refractivity contribution in [2.45, 2.75) is 17.8 Å². The quantitative estimate of drug-likeness (QED) is 0.481. The van der Waals surface area contributed by atoms with Crippen LogP contribution in [0.5, 0.6) is 0 Å². The van der Waals surface area contributed by atoms with E-state index in [4.69, 9.17) is 5.11 Å². The number of aliphatic hydroxyl groups is 1. The predicted octanol–water partition coefficient (Wildman–Crippen LogP) is -0.342. The van der Waals surface area contributed by atoms with E-state index in [9.17, 15) is 29.4 Å². The van der Waals surface area contributed by atoms with Crippen molar-refractivity contribution in [1.82, 2.24) is 10.2 Å². The second-order valence-electron chi connectivity index (χ2n) is 6.00. The Kier molecular flexibility index (Phi) is 5.19. The van der Waals surface area contributed by atoms with Gasteiger partial charge >= 0.3 is 11.9 Å². The molecule has 142 valence electrons. The summed E-state index contributed by atoms with van der Waals surface area (Å²) in [5.41, 5.74) is 0.463. The highest BCUT2D eigenvalue weighted by atomic mass is 32.2. The molecule has 27 heavy (non-hydrogen) atoms. The van der Waals surface area contributed by atoms with Gasteiger partial charge in [-0.1, -0.05) is 18.2 Å². The Labute approximate surface area is 157 Å². The maximum absolute atomic E-state index is 12.6. The zero-order valence-corrected chi connectivity index (χ0v) is 14.7. The Morgan fingerprint density at radius 1 is 1.22 bits per heavy atom. The van der Waals surface area contributed by atoms with E-state index in [1.807, 2.05) is 0 Å². The first kappa shape index (κ1) is 18.9. The van der Waals surface area contributed by atoms with Crippen LogP contribution in [0, 0.1) is 0 Å². The summed E-state index contributed by atoms with van der Waals surface area (Å²) in [6.45, 7) is -0.468. The van der Waals surface area contributed by atoms with Gasteiger partial charge < -0.3 is 20.6 Å². The molecule has 0 aromatic heterocycles. The van der Waals surface area contributed by atoms with Crippen LogP contribution >= 0.6 is 11.8 Å². The van der Waals surface area contributed by atoms with Crippen LogP contribution in [0.15, 0.2) is 35.5 Å². The highest BCUT2D eigenvalue weighted by molar-refractivity contribution is 8.00. The van der Waals surface area contributed by atoms with Gasteiger partial charge in [-0.3, -0.25) is 19.3 Å². The van der Waals surface area contributed by atoms with Crippen molar-refractivity contribution in [3.05, 3.63) is 46.7 Å². The number of hydrogen-bond donors (Lipinski definition) is 4. The summed E-state index contributed by atoms with van der Waals surface area (Å²) >= 11 is 1.25. The monoisotopic (exact) mass is 392 g/mol. The lowest BCUT2D eigenvalue weighted by molar-refractivity contribution is -0.148. The molecule has 2 aliphatic heterocycles. The third-order valence-corrected chi connectivity index (χ3v) is 5.67. The molecule has 1 aromatic rings. The summed E-state index contributed by atoms with van der Waals surface area (Å²) in [7, 11) is 0. The largest absolute Gasteiger partial charge is 0.481 e. The van der Waals surface area contributed by atoms with Crippen molar-refractivity contribution in [1.29, 1.82) is 0 Å². The van der Waals surface area contributed by atoms with Gasteiger partial charge in [-0.2, -0.15) is 0 Å². The topological polar surface area (TPSA) is 144 Å². The molecule has 2 heterocycles. The second-order valence-corrected chi connectivity index (χ2v) is 7.11. The number of aliphatic carboxylic acids is 2.